The molecule has 2 N–H and O–H groups in total. The van der Waals surface area contributed by atoms with E-state index in [4.69, 9.17) is 0 Å². The third-order valence-electron chi connectivity index (χ3n) is 4.26. The zero-order valence-corrected chi connectivity index (χ0v) is 17.4. The fraction of sp³-hybridized carbons (Fsp3) is 0.429. The van der Waals surface area contributed by atoms with Gasteiger partial charge in [0.15, 0.2) is 0 Å². The van der Waals surface area contributed by atoms with Crippen molar-refractivity contribution in [3.8, 4) is 0 Å². The molecule has 0 unspecified atom stereocenters. The highest BCUT2D eigenvalue weighted by atomic mass is 32.1. The summed E-state index contributed by atoms with van der Waals surface area (Å²) in [7, 11) is 0. The SMILES string of the molecule is CCN(CC(=O)NCc1cccs1)CC(=O)Nc1ccc(C(C)(C)C)cc1. The molecule has 2 aromatic rings. The molecule has 2 amide bonds. The maximum atomic E-state index is 12.3. The summed E-state index contributed by atoms with van der Waals surface area (Å²) in [5.74, 6) is -0.195. The molecule has 1 aromatic heterocycles. The number of benzene rings is 1. The summed E-state index contributed by atoms with van der Waals surface area (Å²) >= 11 is 1.61. The second-order valence-corrected chi connectivity index (χ2v) is 8.57. The van der Waals surface area contributed by atoms with Gasteiger partial charge < -0.3 is 10.6 Å². The Bertz CT molecular complexity index is 734. The van der Waals surface area contributed by atoms with Gasteiger partial charge in [-0.15, -0.1) is 11.3 Å². The van der Waals surface area contributed by atoms with Crippen molar-refractivity contribution in [1.29, 1.82) is 0 Å². The lowest BCUT2D eigenvalue weighted by atomic mass is 9.87. The van der Waals surface area contributed by atoms with Crippen LogP contribution in [0.2, 0.25) is 0 Å². The molecule has 1 heterocycles. The highest BCUT2D eigenvalue weighted by molar-refractivity contribution is 7.09. The monoisotopic (exact) mass is 387 g/mol. The number of likely N-dealkylation sites (N-methyl/N-ethyl adjacent to an activating group) is 1. The summed E-state index contributed by atoms with van der Waals surface area (Å²) in [5.41, 5.74) is 2.07. The predicted molar refractivity (Wildman–Crippen MR) is 112 cm³/mol. The largest absolute Gasteiger partial charge is 0.350 e. The van der Waals surface area contributed by atoms with Crippen LogP contribution in [0.25, 0.3) is 0 Å². The molecule has 5 nitrogen and oxygen atoms in total. The maximum Gasteiger partial charge on any atom is 0.238 e. The van der Waals surface area contributed by atoms with Gasteiger partial charge in [-0.3, -0.25) is 14.5 Å². The third kappa shape index (κ3) is 7.15. The van der Waals surface area contributed by atoms with Crippen LogP contribution in [0.1, 0.15) is 38.1 Å². The van der Waals surface area contributed by atoms with E-state index in [1.165, 1.54) is 5.56 Å². The molecular formula is C21H29N3O2S. The molecule has 0 aliphatic heterocycles. The number of thiophene rings is 1. The smallest absolute Gasteiger partial charge is 0.238 e. The molecule has 0 spiro atoms. The number of carbonyl (C=O) groups is 2. The van der Waals surface area contributed by atoms with Gasteiger partial charge in [0.1, 0.15) is 0 Å². The number of nitrogens with zero attached hydrogens (tertiary/aromatic N) is 1. The normalized spacial score (nSPS) is 11.4. The number of anilines is 1. The van der Waals surface area contributed by atoms with Crippen LogP contribution < -0.4 is 10.6 Å². The highest BCUT2D eigenvalue weighted by Crippen LogP contribution is 2.23. The van der Waals surface area contributed by atoms with Gasteiger partial charge in [-0.2, -0.15) is 0 Å². The Morgan fingerprint density at radius 2 is 1.70 bits per heavy atom. The van der Waals surface area contributed by atoms with Crippen LogP contribution in [0, 0.1) is 0 Å². The Balaban J connectivity index is 1.80. The number of hydrogen-bond acceptors (Lipinski definition) is 4. The van der Waals surface area contributed by atoms with Crippen molar-refractivity contribution in [3.63, 3.8) is 0 Å². The molecule has 146 valence electrons. The van der Waals surface area contributed by atoms with Gasteiger partial charge in [0.2, 0.25) is 11.8 Å². The lowest BCUT2D eigenvalue weighted by molar-refractivity contribution is -0.123. The van der Waals surface area contributed by atoms with Crippen LogP contribution in [0.15, 0.2) is 41.8 Å². The van der Waals surface area contributed by atoms with Gasteiger partial charge in [0, 0.05) is 10.6 Å². The Hall–Kier alpha value is -2.18. The van der Waals surface area contributed by atoms with Gasteiger partial charge in [0.05, 0.1) is 19.6 Å². The molecule has 2 rings (SSSR count). The lowest BCUT2D eigenvalue weighted by Crippen LogP contribution is -2.40. The molecule has 0 radical (unpaired) electrons. The topological polar surface area (TPSA) is 61.4 Å². The van der Waals surface area contributed by atoms with Crippen molar-refractivity contribution in [2.75, 3.05) is 25.0 Å². The number of carbonyl (C=O) groups excluding carboxylic acids is 2. The molecule has 0 aliphatic carbocycles. The molecular weight excluding hydrogens is 358 g/mol. The van der Waals surface area contributed by atoms with Crippen LogP contribution in [-0.4, -0.2) is 36.3 Å². The summed E-state index contributed by atoms with van der Waals surface area (Å²) in [6.45, 7) is 9.96. The first kappa shape index (κ1) is 21.1. The molecule has 0 atom stereocenters. The van der Waals surface area contributed by atoms with Gasteiger partial charge in [0.25, 0.3) is 0 Å². The van der Waals surface area contributed by atoms with Crippen LogP contribution >= 0.6 is 11.3 Å². The van der Waals surface area contributed by atoms with E-state index in [-0.39, 0.29) is 30.3 Å². The fourth-order valence-corrected chi connectivity index (χ4v) is 3.24. The van der Waals surface area contributed by atoms with Crippen molar-refractivity contribution in [2.24, 2.45) is 0 Å². The Morgan fingerprint density at radius 1 is 1.04 bits per heavy atom. The zero-order valence-electron chi connectivity index (χ0n) is 16.5. The lowest BCUT2D eigenvalue weighted by Gasteiger charge is -2.20. The molecule has 1 aromatic carbocycles. The van der Waals surface area contributed by atoms with E-state index < -0.39 is 0 Å². The summed E-state index contributed by atoms with van der Waals surface area (Å²) < 4.78 is 0. The summed E-state index contributed by atoms with van der Waals surface area (Å²) in [4.78, 5) is 27.3. The molecule has 0 bridgehead atoms. The van der Waals surface area contributed by atoms with Crippen LogP contribution in [0.3, 0.4) is 0 Å². The fourth-order valence-electron chi connectivity index (χ4n) is 2.59. The average Bonchev–Trinajstić information content (AvgIpc) is 3.12. The molecule has 0 fully saturated rings. The van der Waals surface area contributed by atoms with E-state index in [2.05, 4.69) is 31.4 Å². The Morgan fingerprint density at radius 3 is 2.26 bits per heavy atom. The van der Waals surface area contributed by atoms with E-state index in [1.807, 2.05) is 53.6 Å². The standard InChI is InChI=1S/C21H29N3O2S/c1-5-24(14-19(25)22-13-18-7-6-12-27-18)15-20(26)23-17-10-8-16(9-11-17)21(2,3)4/h6-12H,5,13-15H2,1-4H3,(H,22,25)(H,23,26). The summed E-state index contributed by atoms with van der Waals surface area (Å²) in [6.07, 6.45) is 0. The molecule has 0 aliphatic rings. The highest BCUT2D eigenvalue weighted by Gasteiger charge is 2.15. The first-order valence-electron chi connectivity index (χ1n) is 9.19. The van der Waals surface area contributed by atoms with Crippen molar-refractivity contribution in [1.82, 2.24) is 10.2 Å². The number of hydrogen-bond donors (Lipinski definition) is 2. The van der Waals surface area contributed by atoms with Gasteiger partial charge in [-0.25, -0.2) is 0 Å². The maximum absolute atomic E-state index is 12.3. The summed E-state index contributed by atoms with van der Waals surface area (Å²) in [5, 5.41) is 7.78. The minimum Gasteiger partial charge on any atom is -0.350 e. The van der Waals surface area contributed by atoms with E-state index in [1.54, 1.807) is 11.3 Å². The zero-order chi connectivity index (χ0) is 19.9. The van der Waals surface area contributed by atoms with Crippen LogP contribution in [-0.2, 0) is 21.5 Å². The van der Waals surface area contributed by atoms with E-state index in [0.29, 0.717) is 13.1 Å². The van der Waals surface area contributed by atoms with Crippen molar-refractivity contribution < 1.29 is 9.59 Å². The first-order chi connectivity index (χ1) is 12.8. The van der Waals surface area contributed by atoms with E-state index in [9.17, 15) is 9.59 Å². The summed E-state index contributed by atoms with van der Waals surface area (Å²) in [6, 6.07) is 11.9. The van der Waals surface area contributed by atoms with Gasteiger partial charge in [-0.05, 0) is 41.1 Å². The van der Waals surface area contributed by atoms with Crippen molar-refractivity contribution >= 4 is 28.8 Å². The van der Waals surface area contributed by atoms with Gasteiger partial charge >= 0.3 is 0 Å². The van der Waals surface area contributed by atoms with Crippen LogP contribution in [0.4, 0.5) is 5.69 Å². The second-order valence-electron chi connectivity index (χ2n) is 7.53. The Labute approximate surface area is 165 Å². The van der Waals surface area contributed by atoms with Crippen molar-refractivity contribution in [3.05, 3.63) is 52.2 Å². The molecule has 6 heteroatoms. The first-order valence-corrected chi connectivity index (χ1v) is 10.1. The quantitative estimate of drug-likeness (QED) is 0.727. The minimum absolute atomic E-state index is 0.0763. The predicted octanol–water partition coefficient (Wildman–Crippen LogP) is 3.62. The second kappa shape index (κ2) is 9.67. The average molecular weight is 388 g/mol. The molecule has 27 heavy (non-hydrogen) atoms. The van der Waals surface area contributed by atoms with E-state index >= 15 is 0 Å². The number of amides is 2. The van der Waals surface area contributed by atoms with Gasteiger partial charge in [-0.1, -0.05) is 45.9 Å². The van der Waals surface area contributed by atoms with Crippen LogP contribution in [0.5, 0.6) is 0 Å². The number of rotatable bonds is 8. The van der Waals surface area contributed by atoms with Crippen molar-refractivity contribution in [2.45, 2.75) is 39.7 Å². The minimum atomic E-state index is -0.119. The number of nitrogens with one attached hydrogen (secondary N) is 2. The third-order valence-corrected chi connectivity index (χ3v) is 5.13. The van der Waals surface area contributed by atoms with E-state index in [0.717, 1.165) is 10.6 Å². The molecule has 0 saturated heterocycles. The molecule has 0 saturated carbocycles. The Kier molecular flexibility index (Phi) is 7.56.